The van der Waals surface area contributed by atoms with Gasteiger partial charge >= 0.3 is 11.9 Å². The lowest BCUT2D eigenvalue weighted by atomic mass is 9.42. The molecule has 0 heterocycles. The van der Waals surface area contributed by atoms with E-state index in [2.05, 4.69) is 27.7 Å². The third kappa shape index (κ3) is 6.14. The second-order valence-electron chi connectivity index (χ2n) is 17.4. The van der Waals surface area contributed by atoms with Gasteiger partial charge in [-0.05, 0) is 106 Å². The summed E-state index contributed by atoms with van der Waals surface area (Å²) in [5.41, 5.74) is -1.91. The molecule has 0 bridgehead atoms. The number of hydrogen-bond donors (Lipinski definition) is 6. The Morgan fingerprint density at radius 1 is 0.978 bits per heavy atom. The Morgan fingerprint density at radius 2 is 1.60 bits per heavy atom. The third-order valence-corrected chi connectivity index (χ3v) is 13.6. The molecule has 2 saturated carbocycles. The summed E-state index contributed by atoms with van der Waals surface area (Å²) in [4.78, 5) is 24.2. The van der Waals surface area contributed by atoms with Crippen LogP contribution in [-0.2, 0) is 14.3 Å². The highest BCUT2D eigenvalue weighted by Gasteiger charge is 2.67. The fourth-order valence-corrected chi connectivity index (χ4v) is 10.7. The number of allylic oxidation sites excluding steroid dienone is 1. The summed E-state index contributed by atoms with van der Waals surface area (Å²) in [5, 5.41) is 64.0. The first kappa shape index (κ1) is 36.3. The van der Waals surface area contributed by atoms with Crippen molar-refractivity contribution in [1.29, 1.82) is 0 Å². The Labute approximate surface area is 269 Å². The number of aliphatic carboxylic acids is 1. The lowest BCUT2D eigenvalue weighted by molar-refractivity contribution is -0.193. The topological polar surface area (TPSA) is 165 Å². The lowest BCUT2D eigenvalue weighted by Gasteiger charge is -2.64. The number of carbonyl (C=O) groups excluding carboxylic acids is 1. The number of rotatable bonds is 10. The van der Waals surface area contributed by atoms with Crippen molar-refractivity contribution in [1.82, 2.24) is 0 Å². The molecule has 0 amide bonds. The summed E-state index contributed by atoms with van der Waals surface area (Å²) in [7, 11) is 0. The smallest absolute Gasteiger partial charge is 0.309 e. The van der Waals surface area contributed by atoms with Gasteiger partial charge in [-0.2, -0.15) is 0 Å². The van der Waals surface area contributed by atoms with Gasteiger partial charge in [0.2, 0.25) is 0 Å². The zero-order valence-electron chi connectivity index (χ0n) is 29.0. The van der Waals surface area contributed by atoms with Crippen molar-refractivity contribution in [2.75, 3.05) is 0 Å². The van der Waals surface area contributed by atoms with E-state index in [0.29, 0.717) is 19.3 Å². The molecule has 0 unspecified atom stereocenters. The summed E-state index contributed by atoms with van der Waals surface area (Å²) in [5.74, 6) is -1.34. The predicted molar refractivity (Wildman–Crippen MR) is 170 cm³/mol. The highest BCUT2D eigenvalue weighted by atomic mass is 16.6. The Kier molecular flexibility index (Phi) is 9.58. The zero-order valence-corrected chi connectivity index (χ0v) is 29.0. The first-order chi connectivity index (χ1) is 20.4. The van der Waals surface area contributed by atoms with Crippen LogP contribution in [0.25, 0.3) is 0 Å². The molecule has 4 rings (SSSR count). The van der Waals surface area contributed by atoms with Crippen LogP contribution in [0.5, 0.6) is 0 Å². The molecular weight excluding hydrogens is 576 g/mol. The molecule has 258 valence electrons. The SMILES string of the molecule is C[C@H](CC[C@H](O)C(C)(C)O)[C@@H]1CC[C@]2(C)C3=C(C[C@H](O)[C@]12C)[C@]1(C)C[C@H](OC(=O)C[C@](C)(O)CC(=O)O)[C@H](O)C(C)(C)[C@H]1CC3. The maximum Gasteiger partial charge on any atom is 0.309 e. The molecule has 0 aromatic rings. The van der Waals surface area contributed by atoms with Gasteiger partial charge in [-0.3, -0.25) is 9.59 Å². The molecule has 2 fully saturated rings. The normalized spacial score (nSPS) is 40.4. The van der Waals surface area contributed by atoms with Gasteiger partial charge in [0.25, 0.3) is 0 Å². The molecule has 9 nitrogen and oxygen atoms in total. The average molecular weight is 637 g/mol. The summed E-state index contributed by atoms with van der Waals surface area (Å²) < 4.78 is 5.86. The van der Waals surface area contributed by atoms with Crippen LogP contribution >= 0.6 is 0 Å². The van der Waals surface area contributed by atoms with E-state index >= 15 is 0 Å². The highest BCUT2D eigenvalue weighted by Crippen LogP contribution is 2.72. The van der Waals surface area contributed by atoms with Crippen molar-refractivity contribution in [3.8, 4) is 0 Å². The summed E-state index contributed by atoms with van der Waals surface area (Å²) >= 11 is 0. The van der Waals surface area contributed by atoms with Crippen molar-refractivity contribution in [2.45, 2.75) is 162 Å². The standard InChI is InChI=1S/C36H60O9/c1-20(10-13-26(37)32(4,5)43)21-14-15-35(8)22-11-12-25-31(2,3)30(42)24(45-29(41)19-33(6,44)18-28(39)40)17-34(25,7)23(22)16-27(38)36(21,35)9/h20-21,24-27,30,37-38,42-44H,10-19H2,1-9H3,(H,39,40)/t20-,21+,24+,25-,26+,27+,30+,33-,34+,35-,36+/m1/s1. The molecule has 0 aromatic carbocycles. The van der Waals surface area contributed by atoms with E-state index < -0.39 is 71.2 Å². The number of ether oxygens (including phenoxy) is 1. The van der Waals surface area contributed by atoms with Crippen molar-refractivity contribution < 1.29 is 45.0 Å². The maximum absolute atomic E-state index is 13.0. The van der Waals surface area contributed by atoms with Gasteiger partial charge in [0.05, 0.1) is 42.4 Å². The zero-order chi connectivity index (χ0) is 34.1. The van der Waals surface area contributed by atoms with Crippen LogP contribution in [0.1, 0.15) is 127 Å². The molecule has 0 aliphatic heterocycles. The summed E-state index contributed by atoms with van der Waals surface area (Å²) in [6, 6.07) is 0. The number of carboxylic acids is 1. The van der Waals surface area contributed by atoms with E-state index in [-0.39, 0.29) is 28.6 Å². The molecule has 0 saturated heterocycles. The van der Waals surface area contributed by atoms with Gasteiger partial charge in [-0.1, -0.05) is 52.7 Å². The van der Waals surface area contributed by atoms with Gasteiger partial charge in [0.15, 0.2) is 0 Å². The molecular formula is C36H60O9. The molecule has 0 aromatic heterocycles. The van der Waals surface area contributed by atoms with Crippen LogP contribution < -0.4 is 0 Å². The predicted octanol–water partition coefficient (Wildman–Crippen LogP) is 4.75. The second-order valence-corrected chi connectivity index (χ2v) is 17.4. The Morgan fingerprint density at radius 3 is 2.18 bits per heavy atom. The van der Waals surface area contributed by atoms with E-state index in [1.807, 2.05) is 13.8 Å². The van der Waals surface area contributed by atoms with Gasteiger partial charge < -0.3 is 35.4 Å². The molecule has 6 N–H and O–H groups in total. The molecule has 11 atom stereocenters. The molecule has 4 aliphatic rings. The van der Waals surface area contributed by atoms with Crippen LogP contribution in [0, 0.1) is 39.4 Å². The van der Waals surface area contributed by atoms with Crippen LogP contribution in [-0.4, -0.2) is 78.2 Å². The highest BCUT2D eigenvalue weighted by molar-refractivity contribution is 5.74. The monoisotopic (exact) mass is 636 g/mol. The molecule has 0 radical (unpaired) electrons. The number of fused-ring (bicyclic) bond motifs is 4. The lowest BCUT2D eigenvalue weighted by Crippen LogP contribution is -2.62. The number of carbonyl (C=O) groups is 2. The average Bonchev–Trinajstić information content (AvgIpc) is 3.17. The largest absolute Gasteiger partial charge is 0.481 e. The van der Waals surface area contributed by atoms with Crippen LogP contribution in [0.2, 0.25) is 0 Å². The Hall–Kier alpha value is -1.52. The van der Waals surface area contributed by atoms with E-state index in [1.165, 1.54) is 18.1 Å². The third-order valence-electron chi connectivity index (χ3n) is 13.6. The van der Waals surface area contributed by atoms with Crippen LogP contribution in [0.15, 0.2) is 11.1 Å². The first-order valence-electron chi connectivity index (χ1n) is 17.0. The summed E-state index contributed by atoms with van der Waals surface area (Å²) in [6.45, 7) is 17.6. The fourth-order valence-electron chi connectivity index (χ4n) is 10.7. The number of hydrogen-bond acceptors (Lipinski definition) is 8. The Bertz CT molecular complexity index is 1180. The van der Waals surface area contributed by atoms with Gasteiger partial charge in [-0.15, -0.1) is 0 Å². The minimum Gasteiger partial charge on any atom is -0.481 e. The number of aliphatic hydroxyl groups is 5. The molecule has 4 aliphatic carbocycles. The van der Waals surface area contributed by atoms with Crippen LogP contribution in [0.3, 0.4) is 0 Å². The second kappa shape index (κ2) is 11.9. The van der Waals surface area contributed by atoms with E-state index in [0.717, 1.165) is 32.1 Å². The Balaban J connectivity index is 1.64. The molecule has 9 heteroatoms. The fraction of sp³-hybridized carbons (Fsp3) is 0.889. The minimum atomic E-state index is -1.76. The van der Waals surface area contributed by atoms with Crippen molar-refractivity contribution in [2.24, 2.45) is 39.4 Å². The van der Waals surface area contributed by atoms with E-state index in [4.69, 9.17) is 9.84 Å². The number of aliphatic hydroxyl groups excluding tert-OH is 3. The number of carboxylic acid groups (broad SMARTS) is 1. The van der Waals surface area contributed by atoms with E-state index in [1.54, 1.807) is 13.8 Å². The van der Waals surface area contributed by atoms with E-state index in [9.17, 15) is 35.1 Å². The summed E-state index contributed by atoms with van der Waals surface area (Å²) in [6.07, 6.45) is 1.63. The van der Waals surface area contributed by atoms with Gasteiger partial charge in [0, 0.05) is 5.41 Å². The number of esters is 1. The first-order valence-corrected chi connectivity index (χ1v) is 17.0. The van der Waals surface area contributed by atoms with Gasteiger partial charge in [0.1, 0.15) is 6.10 Å². The van der Waals surface area contributed by atoms with Crippen molar-refractivity contribution in [3.05, 3.63) is 11.1 Å². The quantitative estimate of drug-likeness (QED) is 0.147. The molecule has 0 spiro atoms. The minimum absolute atomic E-state index is 0.100. The molecule has 45 heavy (non-hydrogen) atoms. The van der Waals surface area contributed by atoms with Crippen molar-refractivity contribution >= 4 is 11.9 Å². The van der Waals surface area contributed by atoms with Gasteiger partial charge in [-0.25, -0.2) is 0 Å². The van der Waals surface area contributed by atoms with Crippen LogP contribution in [0.4, 0.5) is 0 Å². The van der Waals surface area contributed by atoms with Crippen molar-refractivity contribution in [3.63, 3.8) is 0 Å². The maximum atomic E-state index is 13.0.